The summed E-state index contributed by atoms with van der Waals surface area (Å²) in [7, 11) is 0. The highest BCUT2D eigenvalue weighted by Crippen LogP contribution is 2.35. The number of piperazine rings is 1. The lowest BCUT2D eigenvalue weighted by Crippen LogP contribution is -2.49. The van der Waals surface area contributed by atoms with Gasteiger partial charge >= 0.3 is 0 Å². The normalized spacial score (nSPS) is 14.2. The van der Waals surface area contributed by atoms with Crippen molar-refractivity contribution in [1.29, 1.82) is 0 Å². The number of nitrogens with zero attached hydrogens (tertiary/aromatic N) is 5. The molecule has 1 aliphatic rings. The number of aromatic nitrogens is 3. The number of hydrogen-bond acceptors (Lipinski definition) is 7. The van der Waals surface area contributed by atoms with Crippen LogP contribution in [0.15, 0.2) is 69.8 Å². The number of benzene rings is 2. The summed E-state index contributed by atoms with van der Waals surface area (Å²) < 4.78 is 11.0. The van der Waals surface area contributed by atoms with Crippen molar-refractivity contribution in [2.75, 3.05) is 31.1 Å². The Morgan fingerprint density at radius 2 is 1.80 bits per heavy atom. The summed E-state index contributed by atoms with van der Waals surface area (Å²) in [6.07, 6.45) is 3.21. The van der Waals surface area contributed by atoms with Crippen molar-refractivity contribution >= 4 is 33.6 Å². The molecule has 0 radical (unpaired) electrons. The Balaban J connectivity index is 1.37. The molecule has 176 valence electrons. The van der Waals surface area contributed by atoms with Crippen LogP contribution < -0.4 is 4.90 Å². The van der Waals surface area contributed by atoms with Gasteiger partial charge in [-0.15, -0.1) is 0 Å². The number of fused-ring (bicyclic) bond motifs is 2. The van der Waals surface area contributed by atoms with Crippen LogP contribution in [-0.2, 0) is 6.42 Å². The standard InChI is InChI=1S/C27H25N5O3/c1-2-6-22-28-25(31-12-14-32(15-13-31)27(33)21-9-5-16-34-21)23-24(30-35-26(23)29-22)20-11-10-18-7-3-4-8-19(18)17-20/h3-5,7-11,16-17H,2,6,12-15H2,1H3. The van der Waals surface area contributed by atoms with Crippen molar-refractivity contribution in [3.63, 3.8) is 0 Å². The van der Waals surface area contributed by atoms with Crippen molar-refractivity contribution in [1.82, 2.24) is 20.0 Å². The van der Waals surface area contributed by atoms with Gasteiger partial charge in [-0.3, -0.25) is 4.79 Å². The Hall–Kier alpha value is -4.20. The fourth-order valence-electron chi connectivity index (χ4n) is 4.65. The van der Waals surface area contributed by atoms with E-state index in [0.717, 1.165) is 46.5 Å². The highest BCUT2D eigenvalue weighted by molar-refractivity contribution is 6.00. The third kappa shape index (κ3) is 3.90. The lowest BCUT2D eigenvalue weighted by atomic mass is 10.0. The van der Waals surface area contributed by atoms with E-state index in [1.807, 2.05) is 17.0 Å². The fourth-order valence-corrected chi connectivity index (χ4v) is 4.65. The van der Waals surface area contributed by atoms with E-state index in [4.69, 9.17) is 13.9 Å². The van der Waals surface area contributed by atoms with E-state index in [1.165, 1.54) is 11.6 Å². The zero-order chi connectivity index (χ0) is 23.8. The van der Waals surface area contributed by atoms with Gasteiger partial charge in [0.05, 0.1) is 6.26 Å². The number of aryl methyl sites for hydroxylation is 1. The number of carbonyl (C=O) groups excluding carboxylic acids is 1. The van der Waals surface area contributed by atoms with Gasteiger partial charge in [-0.2, -0.15) is 4.98 Å². The van der Waals surface area contributed by atoms with E-state index in [9.17, 15) is 4.79 Å². The highest BCUT2D eigenvalue weighted by atomic mass is 16.5. The van der Waals surface area contributed by atoms with Gasteiger partial charge in [0.1, 0.15) is 22.7 Å². The van der Waals surface area contributed by atoms with E-state index in [0.29, 0.717) is 37.7 Å². The molecule has 0 saturated carbocycles. The molecule has 8 nitrogen and oxygen atoms in total. The van der Waals surface area contributed by atoms with Crippen LogP contribution in [0.25, 0.3) is 33.1 Å². The number of hydrogen-bond donors (Lipinski definition) is 0. The molecule has 0 bridgehead atoms. The van der Waals surface area contributed by atoms with Gasteiger partial charge in [0.2, 0.25) is 0 Å². The van der Waals surface area contributed by atoms with E-state index in [2.05, 4.69) is 52.3 Å². The molecule has 0 atom stereocenters. The summed E-state index contributed by atoms with van der Waals surface area (Å²) in [6, 6.07) is 18.0. The average molecular weight is 468 g/mol. The van der Waals surface area contributed by atoms with Crippen LogP contribution in [0.1, 0.15) is 29.7 Å². The van der Waals surface area contributed by atoms with Crippen LogP contribution in [-0.4, -0.2) is 52.1 Å². The van der Waals surface area contributed by atoms with Crippen LogP contribution in [0.3, 0.4) is 0 Å². The second-order valence-corrected chi connectivity index (χ2v) is 8.74. The number of anilines is 1. The Labute approximate surface area is 202 Å². The van der Waals surface area contributed by atoms with Gasteiger partial charge in [0, 0.05) is 38.2 Å². The minimum Gasteiger partial charge on any atom is -0.459 e. The molecule has 8 heteroatoms. The highest BCUT2D eigenvalue weighted by Gasteiger charge is 2.28. The number of amides is 1. The first-order chi connectivity index (χ1) is 17.2. The van der Waals surface area contributed by atoms with Crippen molar-refractivity contribution in [3.05, 3.63) is 72.4 Å². The van der Waals surface area contributed by atoms with Gasteiger partial charge in [-0.1, -0.05) is 48.5 Å². The SMILES string of the molecule is CCCc1nc(N2CCN(C(=O)c3ccco3)CC2)c2c(-c3ccc4ccccc4c3)noc2n1. The first-order valence-electron chi connectivity index (χ1n) is 11.9. The third-order valence-electron chi connectivity index (χ3n) is 6.46. The quantitative estimate of drug-likeness (QED) is 0.361. The van der Waals surface area contributed by atoms with Crippen molar-refractivity contribution in [3.8, 4) is 11.3 Å². The molecule has 1 saturated heterocycles. The lowest BCUT2D eigenvalue weighted by Gasteiger charge is -2.35. The van der Waals surface area contributed by atoms with Crippen LogP contribution >= 0.6 is 0 Å². The van der Waals surface area contributed by atoms with Crippen molar-refractivity contribution in [2.24, 2.45) is 0 Å². The van der Waals surface area contributed by atoms with E-state index in [1.54, 1.807) is 12.1 Å². The monoisotopic (exact) mass is 467 g/mol. The van der Waals surface area contributed by atoms with E-state index >= 15 is 0 Å². The summed E-state index contributed by atoms with van der Waals surface area (Å²) in [5.41, 5.74) is 2.19. The average Bonchev–Trinajstić information content (AvgIpc) is 3.59. The van der Waals surface area contributed by atoms with E-state index < -0.39 is 0 Å². The molecule has 6 rings (SSSR count). The van der Waals surface area contributed by atoms with Gasteiger partial charge in [0.25, 0.3) is 11.6 Å². The van der Waals surface area contributed by atoms with Crippen LogP contribution in [0.5, 0.6) is 0 Å². The minimum absolute atomic E-state index is 0.0870. The molecule has 0 unspecified atom stereocenters. The summed E-state index contributed by atoms with van der Waals surface area (Å²) in [4.78, 5) is 26.4. The fraction of sp³-hybridized carbons (Fsp3) is 0.259. The van der Waals surface area contributed by atoms with Crippen LogP contribution in [0, 0.1) is 0 Å². The predicted molar refractivity (Wildman–Crippen MR) is 133 cm³/mol. The molecular weight excluding hydrogens is 442 g/mol. The summed E-state index contributed by atoms with van der Waals surface area (Å²) >= 11 is 0. The molecule has 0 spiro atoms. The maximum absolute atomic E-state index is 12.7. The second kappa shape index (κ2) is 8.87. The molecule has 1 aliphatic heterocycles. The Bertz CT molecular complexity index is 1500. The van der Waals surface area contributed by atoms with Gasteiger partial charge in [-0.05, 0) is 35.4 Å². The molecule has 0 N–H and O–H groups in total. The smallest absolute Gasteiger partial charge is 0.289 e. The Morgan fingerprint density at radius 3 is 2.57 bits per heavy atom. The number of rotatable bonds is 5. The Kier molecular flexibility index (Phi) is 5.41. The summed E-state index contributed by atoms with van der Waals surface area (Å²) in [5.74, 6) is 1.83. The van der Waals surface area contributed by atoms with Crippen LogP contribution in [0.2, 0.25) is 0 Å². The molecule has 5 aromatic rings. The first kappa shape index (κ1) is 21.3. The minimum atomic E-state index is -0.0870. The molecule has 2 aromatic carbocycles. The summed E-state index contributed by atoms with van der Waals surface area (Å²) in [6.45, 7) is 4.54. The van der Waals surface area contributed by atoms with Gasteiger partial charge in [-0.25, -0.2) is 4.98 Å². The van der Waals surface area contributed by atoms with Crippen LogP contribution in [0.4, 0.5) is 5.82 Å². The second-order valence-electron chi connectivity index (χ2n) is 8.74. The third-order valence-corrected chi connectivity index (χ3v) is 6.46. The molecule has 1 fully saturated rings. The molecule has 1 amide bonds. The molecule has 3 aromatic heterocycles. The van der Waals surface area contributed by atoms with Gasteiger partial charge < -0.3 is 18.7 Å². The van der Waals surface area contributed by atoms with Gasteiger partial charge in [0.15, 0.2) is 5.76 Å². The molecule has 35 heavy (non-hydrogen) atoms. The topological polar surface area (TPSA) is 88.5 Å². The first-order valence-corrected chi connectivity index (χ1v) is 11.9. The molecule has 4 heterocycles. The van der Waals surface area contributed by atoms with Crippen molar-refractivity contribution < 1.29 is 13.7 Å². The molecule has 0 aliphatic carbocycles. The zero-order valence-corrected chi connectivity index (χ0v) is 19.5. The number of carbonyl (C=O) groups is 1. The number of furan rings is 1. The maximum atomic E-state index is 12.7. The van der Waals surface area contributed by atoms with E-state index in [-0.39, 0.29) is 5.91 Å². The Morgan fingerprint density at radius 1 is 0.971 bits per heavy atom. The molecular formula is C27H25N5O3. The predicted octanol–water partition coefficient (Wildman–Crippen LogP) is 4.95. The largest absolute Gasteiger partial charge is 0.459 e. The summed E-state index contributed by atoms with van der Waals surface area (Å²) in [5, 5.41) is 7.54. The maximum Gasteiger partial charge on any atom is 0.289 e. The van der Waals surface area contributed by atoms with Crippen molar-refractivity contribution in [2.45, 2.75) is 19.8 Å². The lowest BCUT2D eigenvalue weighted by molar-refractivity contribution is 0.0714. The zero-order valence-electron chi connectivity index (χ0n) is 19.5.